The van der Waals surface area contributed by atoms with Crippen LogP contribution < -0.4 is 5.32 Å². The Hall–Kier alpha value is -3.50. The number of aromatic nitrogens is 4. The maximum atomic E-state index is 12.6. The lowest BCUT2D eigenvalue weighted by atomic mass is 10.1. The molecule has 1 heterocycles. The van der Waals surface area contributed by atoms with Crippen LogP contribution in [0.1, 0.15) is 23.4 Å². The molecule has 1 atom stereocenters. The van der Waals surface area contributed by atoms with Gasteiger partial charge in [-0.25, -0.2) is 4.79 Å². The number of Topliss-reactive ketones (excluding diaryl/α,β-unsaturated/α-hetero) is 1. The number of carboxylic acid groups (broad SMARTS) is 1. The fourth-order valence-corrected chi connectivity index (χ4v) is 3.38. The number of benzene rings is 2. The number of rotatable bonds is 10. The Labute approximate surface area is 198 Å². The van der Waals surface area contributed by atoms with E-state index < -0.39 is 36.9 Å². The molecule has 33 heavy (non-hydrogen) atoms. The van der Waals surface area contributed by atoms with Crippen molar-refractivity contribution in [2.45, 2.75) is 32.0 Å². The molecule has 2 N–H and O–H groups in total. The topological polar surface area (TPSA) is 136 Å². The van der Waals surface area contributed by atoms with Gasteiger partial charge in [0.15, 0.2) is 11.6 Å². The SMILES string of the molecule is O=C(O)CC(NC(=O)OCc1ccccc1)C(=O)Cn1nnc(Cc2c(Cl)cccc2Cl)n1. The van der Waals surface area contributed by atoms with Gasteiger partial charge in [-0.1, -0.05) is 59.6 Å². The molecule has 0 aliphatic carbocycles. The number of ether oxygens (including phenoxy) is 1. The van der Waals surface area contributed by atoms with Crippen LogP contribution in [-0.2, 0) is 33.9 Å². The number of nitrogens with zero attached hydrogens (tertiary/aromatic N) is 4. The number of alkyl carbamates (subject to hydrolysis) is 1. The number of carbonyl (C=O) groups is 3. The van der Waals surface area contributed by atoms with E-state index in [1.807, 2.05) is 6.07 Å². The highest BCUT2D eigenvalue weighted by Gasteiger charge is 2.25. The first-order chi connectivity index (χ1) is 15.8. The maximum Gasteiger partial charge on any atom is 0.408 e. The van der Waals surface area contributed by atoms with E-state index in [0.717, 1.165) is 10.4 Å². The predicted molar refractivity (Wildman–Crippen MR) is 118 cm³/mol. The zero-order valence-corrected chi connectivity index (χ0v) is 18.7. The van der Waals surface area contributed by atoms with Gasteiger partial charge in [0.2, 0.25) is 0 Å². The van der Waals surface area contributed by atoms with E-state index in [2.05, 4.69) is 20.7 Å². The van der Waals surface area contributed by atoms with Crippen LogP contribution in [0.25, 0.3) is 0 Å². The van der Waals surface area contributed by atoms with Gasteiger partial charge in [0.05, 0.1) is 6.42 Å². The smallest absolute Gasteiger partial charge is 0.408 e. The molecule has 0 aliphatic rings. The highest BCUT2D eigenvalue weighted by molar-refractivity contribution is 6.36. The molecule has 0 saturated carbocycles. The van der Waals surface area contributed by atoms with Gasteiger partial charge in [0.1, 0.15) is 19.2 Å². The number of aliphatic carboxylic acids is 1. The minimum absolute atomic E-state index is 0.0285. The summed E-state index contributed by atoms with van der Waals surface area (Å²) in [6.07, 6.45) is -1.36. The number of hydrogen-bond donors (Lipinski definition) is 2. The Morgan fingerprint density at radius 2 is 1.76 bits per heavy atom. The van der Waals surface area contributed by atoms with Crippen LogP contribution in [0.5, 0.6) is 0 Å². The Morgan fingerprint density at radius 1 is 1.06 bits per heavy atom. The molecule has 12 heteroatoms. The van der Waals surface area contributed by atoms with Crippen molar-refractivity contribution in [3.63, 3.8) is 0 Å². The average molecular weight is 492 g/mol. The third-order valence-corrected chi connectivity index (χ3v) is 5.17. The number of halogens is 2. The van der Waals surface area contributed by atoms with Gasteiger partial charge in [-0.05, 0) is 28.5 Å². The van der Waals surface area contributed by atoms with Crippen LogP contribution in [-0.4, -0.2) is 49.2 Å². The second kappa shape index (κ2) is 11.4. The zero-order valence-electron chi connectivity index (χ0n) is 17.1. The summed E-state index contributed by atoms with van der Waals surface area (Å²) in [6.45, 7) is -0.431. The molecule has 1 unspecified atom stereocenters. The Kier molecular flexibility index (Phi) is 8.34. The first-order valence-corrected chi connectivity index (χ1v) is 10.5. The van der Waals surface area contributed by atoms with Crippen molar-refractivity contribution in [3.05, 3.63) is 75.5 Å². The number of carbonyl (C=O) groups excluding carboxylic acids is 2. The normalized spacial score (nSPS) is 11.6. The third kappa shape index (κ3) is 7.26. The van der Waals surface area contributed by atoms with Crippen LogP contribution >= 0.6 is 23.2 Å². The highest BCUT2D eigenvalue weighted by atomic mass is 35.5. The summed E-state index contributed by atoms with van der Waals surface area (Å²) in [5.41, 5.74) is 1.35. The molecular formula is C21H19Cl2N5O5. The van der Waals surface area contributed by atoms with E-state index >= 15 is 0 Å². The maximum absolute atomic E-state index is 12.6. The molecule has 3 rings (SSSR count). The van der Waals surface area contributed by atoms with E-state index in [1.165, 1.54) is 0 Å². The Bertz CT molecular complexity index is 1120. The quantitative estimate of drug-likeness (QED) is 0.441. The number of ketones is 1. The molecule has 1 amide bonds. The molecule has 1 aromatic heterocycles. The highest BCUT2D eigenvalue weighted by Crippen LogP contribution is 2.25. The van der Waals surface area contributed by atoms with E-state index in [-0.39, 0.29) is 18.9 Å². The van der Waals surface area contributed by atoms with Gasteiger partial charge < -0.3 is 15.2 Å². The minimum atomic E-state index is -1.33. The second-order valence-electron chi connectivity index (χ2n) is 6.94. The number of carboxylic acids is 1. The lowest BCUT2D eigenvalue weighted by molar-refractivity contribution is -0.139. The van der Waals surface area contributed by atoms with Gasteiger partial charge in [-0.15, -0.1) is 10.2 Å². The molecular weight excluding hydrogens is 473 g/mol. The summed E-state index contributed by atoms with van der Waals surface area (Å²) in [4.78, 5) is 36.9. The lowest BCUT2D eigenvalue weighted by Crippen LogP contribution is -2.44. The summed E-state index contributed by atoms with van der Waals surface area (Å²) in [5, 5.41) is 24.1. The van der Waals surface area contributed by atoms with Crippen LogP contribution in [0.3, 0.4) is 0 Å². The average Bonchev–Trinajstić information content (AvgIpc) is 3.22. The van der Waals surface area contributed by atoms with Gasteiger partial charge in [0, 0.05) is 16.5 Å². The molecule has 10 nitrogen and oxygen atoms in total. The monoisotopic (exact) mass is 491 g/mol. The fraction of sp³-hybridized carbons (Fsp3) is 0.238. The molecule has 0 radical (unpaired) electrons. The molecule has 0 saturated heterocycles. The molecule has 0 bridgehead atoms. The van der Waals surface area contributed by atoms with Gasteiger partial charge in [-0.2, -0.15) is 4.80 Å². The van der Waals surface area contributed by atoms with Crippen molar-refractivity contribution < 1.29 is 24.2 Å². The molecule has 3 aromatic rings. The third-order valence-electron chi connectivity index (χ3n) is 4.46. The first-order valence-electron chi connectivity index (χ1n) is 9.73. The van der Waals surface area contributed by atoms with E-state index in [0.29, 0.717) is 15.6 Å². The van der Waals surface area contributed by atoms with Gasteiger partial charge in [0.25, 0.3) is 0 Å². The van der Waals surface area contributed by atoms with Crippen molar-refractivity contribution in [3.8, 4) is 0 Å². The van der Waals surface area contributed by atoms with Crippen molar-refractivity contribution >= 4 is 41.0 Å². The Balaban J connectivity index is 1.60. The van der Waals surface area contributed by atoms with E-state index in [9.17, 15) is 14.4 Å². The van der Waals surface area contributed by atoms with Crippen LogP contribution in [0, 0.1) is 0 Å². The zero-order chi connectivity index (χ0) is 23.8. The van der Waals surface area contributed by atoms with Gasteiger partial charge in [-0.3, -0.25) is 9.59 Å². The van der Waals surface area contributed by atoms with Crippen molar-refractivity contribution in [2.24, 2.45) is 0 Å². The first kappa shape index (κ1) is 24.1. The number of amides is 1. The number of tetrazole rings is 1. The summed E-state index contributed by atoms with van der Waals surface area (Å²) in [6, 6.07) is 12.6. The van der Waals surface area contributed by atoms with Crippen LogP contribution in [0.2, 0.25) is 10.0 Å². The number of hydrogen-bond acceptors (Lipinski definition) is 7. The number of nitrogens with one attached hydrogen (secondary N) is 1. The largest absolute Gasteiger partial charge is 0.481 e. The summed E-state index contributed by atoms with van der Waals surface area (Å²) < 4.78 is 5.06. The molecule has 0 aliphatic heterocycles. The fourth-order valence-electron chi connectivity index (χ4n) is 2.85. The predicted octanol–water partition coefficient (Wildman–Crippen LogP) is 2.91. The molecule has 0 spiro atoms. The molecule has 2 aromatic carbocycles. The van der Waals surface area contributed by atoms with E-state index in [1.54, 1.807) is 42.5 Å². The van der Waals surface area contributed by atoms with E-state index in [4.69, 9.17) is 33.0 Å². The lowest BCUT2D eigenvalue weighted by Gasteiger charge is -2.15. The summed E-state index contributed by atoms with van der Waals surface area (Å²) in [5.74, 6) is -1.63. The second-order valence-corrected chi connectivity index (χ2v) is 7.75. The van der Waals surface area contributed by atoms with Crippen LogP contribution in [0.4, 0.5) is 4.79 Å². The van der Waals surface area contributed by atoms with Gasteiger partial charge >= 0.3 is 12.1 Å². The van der Waals surface area contributed by atoms with Crippen molar-refractivity contribution in [1.29, 1.82) is 0 Å². The van der Waals surface area contributed by atoms with Crippen molar-refractivity contribution in [1.82, 2.24) is 25.5 Å². The standard InChI is InChI=1S/C21H19Cl2N5O5/c22-15-7-4-8-16(23)14(15)9-19-25-27-28(26-19)11-18(29)17(10-20(30)31)24-21(32)33-12-13-5-2-1-3-6-13/h1-8,17H,9-12H2,(H,24,32)(H,30,31). The minimum Gasteiger partial charge on any atom is -0.481 e. The Morgan fingerprint density at radius 3 is 2.42 bits per heavy atom. The molecule has 0 fully saturated rings. The summed E-state index contributed by atoms with van der Waals surface area (Å²) in [7, 11) is 0. The van der Waals surface area contributed by atoms with Crippen molar-refractivity contribution in [2.75, 3.05) is 0 Å². The van der Waals surface area contributed by atoms with Crippen LogP contribution in [0.15, 0.2) is 48.5 Å². The molecule has 172 valence electrons. The summed E-state index contributed by atoms with van der Waals surface area (Å²) >= 11 is 12.3.